The van der Waals surface area contributed by atoms with E-state index in [9.17, 15) is 9.59 Å². The lowest BCUT2D eigenvalue weighted by Crippen LogP contribution is -2.52. The van der Waals surface area contributed by atoms with E-state index in [2.05, 4.69) is 0 Å². The maximum Gasteiger partial charge on any atom is 0.264 e. The highest BCUT2D eigenvalue weighted by Gasteiger charge is 2.30. The number of thiophene rings is 1. The zero-order chi connectivity index (χ0) is 18.7. The van der Waals surface area contributed by atoms with Crippen LogP contribution in [0.4, 0.5) is 0 Å². The SMILES string of the molecule is Cc1ccc(C(=O)N2CCN(C(=O)C(C)C(N)c3ccccc3)CC2)s1.Cl. The monoisotopic (exact) mass is 407 g/mol. The summed E-state index contributed by atoms with van der Waals surface area (Å²) in [5.41, 5.74) is 7.26. The Morgan fingerprint density at radius 1 is 1.00 bits per heavy atom. The van der Waals surface area contributed by atoms with Crippen LogP contribution in [0.15, 0.2) is 42.5 Å². The molecule has 1 fully saturated rings. The van der Waals surface area contributed by atoms with Crippen LogP contribution in [0.5, 0.6) is 0 Å². The summed E-state index contributed by atoms with van der Waals surface area (Å²) in [4.78, 5) is 30.9. The lowest BCUT2D eigenvalue weighted by molar-refractivity contribution is -0.137. The molecule has 1 aliphatic rings. The molecule has 0 spiro atoms. The van der Waals surface area contributed by atoms with Gasteiger partial charge in [-0.25, -0.2) is 0 Å². The van der Waals surface area contributed by atoms with Gasteiger partial charge < -0.3 is 15.5 Å². The summed E-state index contributed by atoms with van der Waals surface area (Å²) < 4.78 is 0. The highest BCUT2D eigenvalue weighted by Crippen LogP contribution is 2.22. The van der Waals surface area contributed by atoms with Crippen molar-refractivity contribution in [1.29, 1.82) is 0 Å². The maximum absolute atomic E-state index is 12.8. The van der Waals surface area contributed by atoms with Crippen LogP contribution in [0, 0.1) is 12.8 Å². The van der Waals surface area contributed by atoms with Crippen LogP contribution in [0.2, 0.25) is 0 Å². The number of halogens is 1. The fraction of sp³-hybridized carbons (Fsp3) is 0.400. The molecule has 2 amide bonds. The van der Waals surface area contributed by atoms with Gasteiger partial charge in [-0.2, -0.15) is 0 Å². The van der Waals surface area contributed by atoms with Crippen molar-refractivity contribution in [3.8, 4) is 0 Å². The van der Waals surface area contributed by atoms with Gasteiger partial charge in [0.15, 0.2) is 0 Å². The van der Waals surface area contributed by atoms with Crippen molar-refractivity contribution in [2.75, 3.05) is 26.2 Å². The van der Waals surface area contributed by atoms with Gasteiger partial charge in [-0.3, -0.25) is 9.59 Å². The van der Waals surface area contributed by atoms with Crippen LogP contribution in [0.1, 0.15) is 33.1 Å². The zero-order valence-electron chi connectivity index (χ0n) is 15.6. The molecular weight excluding hydrogens is 382 g/mol. The van der Waals surface area contributed by atoms with Crippen molar-refractivity contribution in [2.24, 2.45) is 11.7 Å². The molecule has 7 heteroatoms. The van der Waals surface area contributed by atoms with Crippen molar-refractivity contribution >= 4 is 35.6 Å². The molecule has 0 radical (unpaired) electrons. The summed E-state index contributed by atoms with van der Waals surface area (Å²) in [5.74, 6) is -0.177. The minimum absolute atomic E-state index is 0. The Bertz CT molecular complexity index is 773. The largest absolute Gasteiger partial charge is 0.339 e. The topological polar surface area (TPSA) is 66.6 Å². The third-order valence-electron chi connectivity index (χ3n) is 4.94. The van der Waals surface area contributed by atoms with Gasteiger partial charge in [-0.15, -0.1) is 23.7 Å². The number of nitrogens with zero attached hydrogens (tertiary/aromatic N) is 2. The Kier molecular flexibility index (Phi) is 7.41. The molecular formula is C20H26ClN3O2S. The van der Waals surface area contributed by atoms with Gasteiger partial charge in [0, 0.05) is 37.1 Å². The molecule has 3 rings (SSSR count). The number of benzene rings is 1. The van der Waals surface area contributed by atoms with Crippen LogP contribution in [0.3, 0.4) is 0 Å². The second-order valence-corrected chi connectivity index (χ2v) is 8.04. The normalized spacial score (nSPS) is 16.4. The molecule has 27 heavy (non-hydrogen) atoms. The van der Waals surface area contributed by atoms with Crippen LogP contribution in [0.25, 0.3) is 0 Å². The van der Waals surface area contributed by atoms with E-state index >= 15 is 0 Å². The fourth-order valence-corrected chi connectivity index (χ4v) is 4.08. The molecule has 0 saturated carbocycles. The van der Waals surface area contributed by atoms with Gasteiger partial charge in [0.1, 0.15) is 0 Å². The summed E-state index contributed by atoms with van der Waals surface area (Å²) in [6.07, 6.45) is 0. The van der Waals surface area contributed by atoms with Crippen LogP contribution in [-0.2, 0) is 4.79 Å². The van der Waals surface area contributed by atoms with Crippen LogP contribution in [-0.4, -0.2) is 47.8 Å². The number of amides is 2. The quantitative estimate of drug-likeness (QED) is 0.846. The molecule has 1 saturated heterocycles. The molecule has 146 valence electrons. The maximum atomic E-state index is 12.8. The van der Waals surface area contributed by atoms with Gasteiger partial charge in [-0.05, 0) is 24.6 Å². The van der Waals surface area contributed by atoms with E-state index < -0.39 is 0 Å². The fourth-order valence-electron chi connectivity index (χ4n) is 3.24. The summed E-state index contributed by atoms with van der Waals surface area (Å²) in [6.45, 7) is 6.12. The highest BCUT2D eigenvalue weighted by atomic mass is 35.5. The molecule has 2 aromatic rings. The van der Waals surface area contributed by atoms with E-state index in [-0.39, 0.29) is 36.2 Å². The van der Waals surface area contributed by atoms with E-state index in [4.69, 9.17) is 5.73 Å². The number of aryl methyl sites for hydroxylation is 1. The number of piperazine rings is 1. The summed E-state index contributed by atoms with van der Waals surface area (Å²) in [6, 6.07) is 13.2. The summed E-state index contributed by atoms with van der Waals surface area (Å²) in [5, 5.41) is 0. The number of rotatable bonds is 4. The number of carbonyl (C=O) groups excluding carboxylic acids is 2. The Labute approximate surface area is 170 Å². The van der Waals surface area contributed by atoms with E-state index in [1.165, 1.54) is 11.3 Å². The van der Waals surface area contributed by atoms with Crippen LogP contribution < -0.4 is 5.73 Å². The summed E-state index contributed by atoms with van der Waals surface area (Å²) >= 11 is 1.51. The molecule has 2 heterocycles. The number of hydrogen-bond donors (Lipinski definition) is 1. The average Bonchev–Trinajstić information content (AvgIpc) is 3.13. The standard InChI is InChI=1S/C20H25N3O2S.ClH/c1-14-8-9-17(26-14)20(25)23-12-10-22(11-13-23)19(24)15(2)18(21)16-6-4-3-5-7-16;/h3-9,15,18H,10-13,21H2,1-2H3;1H. The Morgan fingerprint density at radius 3 is 2.15 bits per heavy atom. The zero-order valence-corrected chi connectivity index (χ0v) is 17.3. The Balaban J connectivity index is 0.00000261. The molecule has 1 aromatic carbocycles. The Hall–Kier alpha value is -1.89. The molecule has 1 aliphatic heterocycles. The average molecular weight is 408 g/mol. The van der Waals surface area contributed by atoms with Gasteiger partial charge in [0.2, 0.25) is 5.91 Å². The second kappa shape index (κ2) is 9.35. The second-order valence-electron chi connectivity index (χ2n) is 6.75. The lowest BCUT2D eigenvalue weighted by atomic mass is 9.94. The molecule has 5 nitrogen and oxygen atoms in total. The first-order chi connectivity index (χ1) is 12.5. The minimum atomic E-state index is -0.322. The third-order valence-corrected chi connectivity index (χ3v) is 5.93. The Morgan fingerprint density at radius 2 is 1.59 bits per heavy atom. The first-order valence-corrected chi connectivity index (χ1v) is 9.74. The van der Waals surface area contributed by atoms with Gasteiger partial charge in [0.05, 0.1) is 10.8 Å². The van der Waals surface area contributed by atoms with Crippen molar-refractivity contribution in [2.45, 2.75) is 19.9 Å². The molecule has 2 N–H and O–H groups in total. The molecule has 2 unspecified atom stereocenters. The molecule has 1 aromatic heterocycles. The van der Waals surface area contributed by atoms with E-state index in [1.54, 1.807) is 0 Å². The third kappa shape index (κ3) is 4.89. The van der Waals surface area contributed by atoms with Crippen molar-refractivity contribution in [3.05, 3.63) is 57.8 Å². The van der Waals surface area contributed by atoms with E-state index in [1.807, 2.05) is 66.1 Å². The first kappa shape index (κ1) is 21.4. The van der Waals surface area contributed by atoms with E-state index in [0.717, 1.165) is 15.3 Å². The predicted octanol–water partition coefficient (Wildman–Crippen LogP) is 3.10. The number of nitrogens with two attached hydrogens (primary N) is 1. The van der Waals surface area contributed by atoms with Crippen molar-refractivity contribution in [3.63, 3.8) is 0 Å². The predicted molar refractivity (Wildman–Crippen MR) is 111 cm³/mol. The van der Waals surface area contributed by atoms with Crippen molar-refractivity contribution < 1.29 is 9.59 Å². The van der Waals surface area contributed by atoms with Gasteiger partial charge in [0.25, 0.3) is 5.91 Å². The number of carbonyl (C=O) groups is 2. The van der Waals surface area contributed by atoms with E-state index in [0.29, 0.717) is 26.2 Å². The highest BCUT2D eigenvalue weighted by molar-refractivity contribution is 7.13. The minimum Gasteiger partial charge on any atom is -0.339 e. The van der Waals surface area contributed by atoms with Crippen molar-refractivity contribution in [1.82, 2.24) is 9.80 Å². The molecule has 0 bridgehead atoms. The summed E-state index contributed by atoms with van der Waals surface area (Å²) in [7, 11) is 0. The first-order valence-electron chi connectivity index (χ1n) is 8.92. The number of hydrogen-bond acceptors (Lipinski definition) is 4. The van der Waals surface area contributed by atoms with Gasteiger partial charge in [-0.1, -0.05) is 37.3 Å². The van der Waals surface area contributed by atoms with Gasteiger partial charge >= 0.3 is 0 Å². The molecule has 2 atom stereocenters. The van der Waals surface area contributed by atoms with Crippen LogP contribution >= 0.6 is 23.7 Å². The molecule has 0 aliphatic carbocycles. The lowest BCUT2D eigenvalue weighted by Gasteiger charge is -2.36. The smallest absolute Gasteiger partial charge is 0.264 e.